The molecule has 2 atom stereocenters. The molecule has 0 radical (unpaired) electrons. The number of carboxylic acid groups (broad SMARTS) is 1. The van der Waals surface area contributed by atoms with E-state index in [1.807, 2.05) is 41.5 Å². The minimum Gasteiger partial charge on any atom is -0.477 e. The Morgan fingerprint density at radius 1 is 1.46 bits per heavy atom. The fraction of sp³-hybridized carbons (Fsp3) is 0.250. The van der Waals surface area contributed by atoms with Crippen LogP contribution >= 0.6 is 34.9 Å². The Labute approximate surface area is 161 Å². The summed E-state index contributed by atoms with van der Waals surface area (Å²) < 4.78 is 2.69. The van der Waals surface area contributed by atoms with E-state index >= 15 is 0 Å². The Bertz CT molecular complexity index is 925. The number of nitrogens with zero attached hydrogens (tertiary/aromatic N) is 3. The fourth-order valence-corrected chi connectivity index (χ4v) is 6.19. The van der Waals surface area contributed by atoms with Crippen molar-refractivity contribution < 1.29 is 19.3 Å². The molecular weight excluding hydrogens is 392 g/mol. The van der Waals surface area contributed by atoms with Crippen LogP contribution in [0.1, 0.15) is 0 Å². The summed E-state index contributed by atoms with van der Waals surface area (Å²) in [7, 11) is 1.95. The second-order valence-electron chi connectivity index (χ2n) is 5.87. The van der Waals surface area contributed by atoms with Crippen molar-refractivity contribution in [2.24, 2.45) is 12.8 Å². The summed E-state index contributed by atoms with van der Waals surface area (Å²) >= 11 is 4.26. The van der Waals surface area contributed by atoms with Gasteiger partial charge in [0.15, 0.2) is 16.7 Å². The van der Waals surface area contributed by atoms with Crippen LogP contribution < -0.4 is 10.3 Å². The molecule has 2 aromatic rings. The molecule has 1 unspecified atom stereocenters. The predicted molar refractivity (Wildman–Crippen MR) is 100 cm³/mol. The van der Waals surface area contributed by atoms with Crippen LogP contribution in [0.15, 0.2) is 44.8 Å². The number of fused-ring (bicyclic) bond motifs is 1. The smallest absolute Gasteiger partial charge is 0.353 e. The summed E-state index contributed by atoms with van der Waals surface area (Å²) in [5.41, 5.74) is 7.65. The van der Waals surface area contributed by atoms with Gasteiger partial charge < -0.3 is 10.8 Å². The highest BCUT2D eigenvalue weighted by Crippen LogP contribution is 2.45. The summed E-state index contributed by atoms with van der Waals surface area (Å²) in [6.07, 6.45) is 3.90. The lowest BCUT2D eigenvalue weighted by molar-refractivity contribution is -0.671. The zero-order chi connectivity index (χ0) is 18.4. The van der Waals surface area contributed by atoms with Crippen molar-refractivity contribution in [1.29, 1.82) is 0 Å². The average molecular weight is 408 g/mol. The molecule has 134 valence electrons. The summed E-state index contributed by atoms with van der Waals surface area (Å²) in [5, 5.41) is 11.3. The first-order valence-corrected chi connectivity index (χ1v) is 10.5. The third-order valence-corrected chi connectivity index (χ3v) is 7.65. The van der Waals surface area contributed by atoms with Crippen LogP contribution in [0.4, 0.5) is 0 Å². The van der Waals surface area contributed by atoms with E-state index in [9.17, 15) is 14.7 Å². The van der Waals surface area contributed by atoms with Gasteiger partial charge in [-0.05, 0) is 0 Å². The molecule has 0 aromatic carbocycles. The zero-order valence-electron chi connectivity index (χ0n) is 13.7. The number of β-lactam (4-membered cyclic amide) rings is 1. The van der Waals surface area contributed by atoms with Crippen molar-refractivity contribution in [2.45, 2.75) is 15.8 Å². The Balaban J connectivity index is 1.61. The molecule has 10 heteroatoms. The molecule has 2 aliphatic rings. The number of thioether (sulfide) groups is 2. The summed E-state index contributed by atoms with van der Waals surface area (Å²) in [5.74, 6) is -0.940. The maximum absolute atomic E-state index is 12.0. The Morgan fingerprint density at radius 2 is 2.19 bits per heavy atom. The third-order valence-electron chi connectivity index (χ3n) is 4.14. The molecule has 1 amide bonds. The molecule has 1 saturated heterocycles. The minimum absolute atomic E-state index is 0.0361. The monoisotopic (exact) mass is 407 g/mol. The standard InChI is InChI=1S/C16H14N4O3S3/c1-19-4-2-8(3-5-19)9-6-25-16(18-9)26-10-7-24-14-11(17)13(21)20(14)12(10)15(22)23/h2-6,11,14H,7,17H2,1H3/p+1/t11?,14-/m1/s1. The second kappa shape index (κ2) is 6.69. The molecule has 4 heterocycles. The number of nitrogens with two attached hydrogens (primary N) is 1. The molecule has 0 saturated carbocycles. The average Bonchev–Trinajstić information content (AvgIpc) is 3.09. The number of aromatic nitrogens is 2. The van der Waals surface area contributed by atoms with Crippen LogP contribution in [-0.4, -0.2) is 44.0 Å². The van der Waals surface area contributed by atoms with E-state index in [1.165, 1.54) is 39.8 Å². The molecular formula is C16H15N4O3S3+. The van der Waals surface area contributed by atoms with Crippen LogP contribution in [0.3, 0.4) is 0 Å². The van der Waals surface area contributed by atoms with Crippen LogP contribution in [0.5, 0.6) is 0 Å². The number of aliphatic carboxylic acids is 1. The highest BCUT2D eigenvalue weighted by Gasteiger charge is 2.52. The van der Waals surface area contributed by atoms with Crippen molar-refractivity contribution in [3.8, 4) is 11.3 Å². The van der Waals surface area contributed by atoms with Gasteiger partial charge in [-0.3, -0.25) is 9.69 Å². The first-order valence-electron chi connectivity index (χ1n) is 7.71. The van der Waals surface area contributed by atoms with E-state index in [1.54, 1.807) is 0 Å². The topological polar surface area (TPSA) is 100 Å². The van der Waals surface area contributed by atoms with Crippen LogP contribution in [0.25, 0.3) is 11.3 Å². The minimum atomic E-state index is -1.11. The lowest BCUT2D eigenvalue weighted by Crippen LogP contribution is -2.68. The lowest BCUT2D eigenvalue weighted by Gasteiger charge is -2.47. The van der Waals surface area contributed by atoms with E-state index in [0.717, 1.165) is 15.6 Å². The number of thiazole rings is 1. The molecule has 0 spiro atoms. The Kier molecular flexibility index (Phi) is 4.51. The normalized spacial score (nSPS) is 22.2. The van der Waals surface area contributed by atoms with Crippen molar-refractivity contribution >= 4 is 46.7 Å². The molecule has 4 rings (SSSR count). The maximum atomic E-state index is 12.0. The number of aryl methyl sites for hydroxylation is 1. The van der Waals surface area contributed by atoms with Crippen molar-refractivity contribution in [1.82, 2.24) is 9.88 Å². The molecule has 26 heavy (non-hydrogen) atoms. The van der Waals surface area contributed by atoms with E-state index in [0.29, 0.717) is 10.7 Å². The van der Waals surface area contributed by atoms with Gasteiger partial charge in [0.05, 0.1) is 5.69 Å². The second-order valence-corrected chi connectivity index (χ2v) is 9.17. The molecule has 0 bridgehead atoms. The number of hydrogen-bond acceptors (Lipinski definition) is 7. The molecule has 3 N–H and O–H groups in total. The van der Waals surface area contributed by atoms with Gasteiger partial charge in [-0.2, -0.15) is 0 Å². The van der Waals surface area contributed by atoms with Crippen molar-refractivity contribution in [3.05, 3.63) is 40.5 Å². The van der Waals surface area contributed by atoms with Gasteiger partial charge in [-0.1, -0.05) is 11.8 Å². The summed E-state index contributed by atoms with van der Waals surface area (Å²) in [6, 6.07) is 3.34. The number of hydrogen-bond donors (Lipinski definition) is 2. The summed E-state index contributed by atoms with van der Waals surface area (Å²) in [6.45, 7) is 0. The SMILES string of the molecule is C[n+]1ccc(-c2csc(SC3=C(C(=O)O)N4C(=O)C(N)[C@H]4SC3)n2)cc1. The van der Waals surface area contributed by atoms with Gasteiger partial charge in [-0.25, -0.2) is 14.3 Å². The molecule has 2 aliphatic heterocycles. The predicted octanol–water partition coefficient (Wildman–Crippen LogP) is 1.27. The highest BCUT2D eigenvalue weighted by molar-refractivity contribution is 8.07. The van der Waals surface area contributed by atoms with Gasteiger partial charge in [0, 0.05) is 33.7 Å². The van der Waals surface area contributed by atoms with Crippen molar-refractivity contribution in [2.75, 3.05) is 5.75 Å². The van der Waals surface area contributed by atoms with E-state index in [4.69, 9.17) is 5.73 Å². The zero-order valence-corrected chi connectivity index (χ0v) is 16.1. The van der Waals surface area contributed by atoms with Gasteiger partial charge >= 0.3 is 5.97 Å². The van der Waals surface area contributed by atoms with E-state index < -0.39 is 12.0 Å². The summed E-state index contributed by atoms with van der Waals surface area (Å²) in [4.78, 5) is 30.2. The van der Waals surface area contributed by atoms with Crippen LogP contribution in [0.2, 0.25) is 0 Å². The highest BCUT2D eigenvalue weighted by atomic mass is 32.2. The quantitative estimate of drug-likeness (QED) is 0.581. The lowest BCUT2D eigenvalue weighted by atomic mass is 10.1. The largest absolute Gasteiger partial charge is 0.477 e. The third kappa shape index (κ3) is 2.92. The number of amides is 1. The Morgan fingerprint density at radius 3 is 2.88 bits per heavy atom. The van der Waals surface area contributed by atoms with E-state index in [2.05, 4.69) is 4.98 Å². The van der Waals surface area contributed by atoms with Gasteiger partial charge in [0.1, 0.15) is 24.2 Å². The molecule has 1 fully saturated rings. The number of carbonyl (C=O) groups excluding carboxylic acids is 1. The van der Waals surface area contributed by atoms with Crippen LogP contribution in [-0.2, 0) is 16.6 Å². The molecule has 2 aromatic heterocycles. The number of carbonyl (C=O) groups is 2. The number of rotatable bonds is 4. The molecule has 7 nitrogen and oxygen atoms in total. The number of carboxylic acids is 1. The van der Waals surface area contributed by atoms with Gasteiger partial charge in [-0.15, -0.1) is 23.1 Å². The Hall–Kier alpha value is -1.88. The maximum Gasteiger partial charge on any atom is 0.353 e. The fourth-order valence-electron chi connectivity index (χ4n) is 2.78. The van der Waals surface area contributed by atoms with Crippen LogP contribution in [0, 0.1) is 0 Å². The van der Waals surface area contributed by atoms with E-state index in [-0.39, 0.29) is 17.0 Å². The van der Waals surface area contributed by atoms with Gasteiger partial charge in [0.25, 0.3) is 0 Å². The first kappa shape index (κ1) is 17.5. The molecule has 0 aliphatic carbocycles. The van der Waals surface area contributed by atoms with Crippen molar-refractivity contribution in [3.63, 3.8) is 0 Å². The first-order chi connectivity index (χ1) is 12.5. The van der Waals surface area contributed by atoms with Gasteiger partial charge in [0.2, 0.25) is 5.91 Å². The number of pyridine rings is 1.